The number of hydrogen-bond donors (Lipinski definition) is 2. The maximum absolute atomic E-state index is 13.9. The summed E-state index contributed by atoms with van der Waals surface area (Å²) in [5.74, 6) is -0.287. The normalized spacial score (nSPS) is 14.3. The van der Waals surface area contributed by atoms with Crippen molar-refractivity contribution in [2.75, 3.05) is 0 Å². The number of rotatable bonds is 8. The molecule has 3 nitrogen and oxygen atoms in total. The number of halogens is 2. The molecule has 1 unspecified atom stereocenters. The Labute approximate surface area is 172 Å². The molecule has 0 radical (unpaired) electrons. The van der Waals surface area contributed by atoms with E-state index in [1.807, 2.05) is 55.5 Å². The SMILES string of the molecule is C[C@H](CCCC(C)(O)c1ccccc1)NCc1ccc2cncc(F)c2c1.Cl. The number of nitrogens with one attached hydrogen (secondary N) is 1. The van der Waals surface area contributed by atoms with E-state index in [1.165, 1.54) is 6.20 Å². The van der Waals surface area contributed by atoms with E-state index in [4.69, 9.17) is 0 Å². The Balaban J connectivity index is 0.00000280. The van der Waals surface area contributed by atoms with Crippen molar-refractivity contribution < 1.29 is 9.50 Å². The van der Waals surface area contributed by atoms with Gasteiger partial charge in [0.05, 0.1) is 11.8 Å². The van der Waals surface area contributed by atoms with Gasteiger partial charge in [-0.15, -0.1) is 12.4 Å². The number of benzene rings is 2. The van der Waals surface area contributed by atoms with Crippen LogP contribution in [0.5, 0.6) is 0 Å². The van der Waals surface area contributed by atoms with Crippen LogP contribution in [0.15, 0.2) is 60.9 Å². The highest BCUT2D eigenvalue weighted by Crippen LogP contribution is 2.26. The molecule has 0 amide bonds. The quantitative estimate of drug-likeness (QED) is 0.533. The molecule has 0 saturated heterocycles. The van der Waals surface area contributed by atoms with Gasteiger partial charge in [-0.25, -0.2) is 4.39 Å². The lowest BCUT2D eigenvalue weighted by Crippen LogP contribution is -2.27. The van der Waals surface area contributed by atoms with E-state index < -0.39 is 5.60 Å². The van der Waals surface area contributed by atoms with E-state index >= 15 is 0 Å². The van der Waals surface area contributed by atoms with Gasteiger partial charge in [0.2, 0.25) is 0 Å². The Morgan fingerprint density at radius 1 is 1.14 bits per heavy atom. The molecular weight excluding hydrogens is 375 g/mol. The first-order chi connectivity index (χ1) is 13.0. The molecule has 2 aromatic carbocycles. The largest absolute Gasteiger partial charge is 0.385 e. The molecule has 28 heavy (non-hydrogen) atoms. The van der Waals surface area contributed by atoms with Crippen molar-refractivity contribution >= 4 is 23.2 Å². The minimum atomic E-state index is -0.801. The van der Waals surface area contributed by atoms with Crippen LogP contribution in [0, 0.1) is 5.82 Å². The second-order valence-electron chi connectivity index (χ2n) is 7.49. The third-order valence-corrected chi connectivity index (χ3v) is 5.13. The molecule has 2 atom stereocenters. The van der Waals surface area contributed by atoms with Gasteiger partial charge < -0.3 is 10.4 Å². The van der Waals surface area contributed by atoms with Gasteiger partial charge in [-0.05, 0) is 50.3 Å². The second kappa shape index (κ2) is 9.97. The third kappa shape index (κ3) is 5.74. The van der Waals surface area contributed by atoms with E-state index in [2.05, 4.69) is 17.2 Å². The van der Waals surface area contributed by atoms with Crippen molar-refractivity contribution in [3.8, 4) is 0 Å². The van der Waals surface area contributed by atoms with E-state index in [9.17, 15) is 9.50 Å². The Bertz CT molecular complexity index is 886. The Morgan fingerprint density at radius 2 is 1.89 bits per heavy atom. The summed E-state index contributed by atoms with van der Waals surface area (Å²) >= 11 is 0. The van der Waals surface area contributed by atoms with Gasteiger partial charge in [0, 0.05) is 29.6 Å². The number of aromatic nitrogens is 1. The van der Waals surface area contributed by atoms with Crippen molar-refractivity contribution in [3.05, 3.63) is 77.9 Å². The van der Waals surface area contributed by atoms with Crippen LogP contribution in [-0.2, 0) is 12.1 Å². The third-order valence-electron chi connectivity index (χ3n) is 5.13. The number of aliphatic hydroxyl groups is 1. The fourth-order valence-electron chi connectivity index (χ4n) is 3.37. The van der Waals surface area contributed by atoms with E-state index in [1.54, 1.807) is 6.20 Å². The molecule has 0 aliphatic heterocycles. The van der Waals surface area contributed by atoms with Crippen LogP contribution in [0.4, 0.5) is 4.39 Å². The molecule has 3 aromatic rings. The summed E-state index contributed by atoms with van der Waals surface area (Å²) in [6.45, 7) is 4.70. The average molecular weight is 403 g/mol. The van der Waals surface area contributed by atoms with Crippen molar-refractivity contribution in [1.29, 1.82) is 0 Å². The average Bonchev–Trinajstić information content (AvgIpc) is 2.67. The van der Waals surface area contributed by atoms with Gasteiger partial charge in [0.1, 0.15) is 5.82 Å². The summed E-state index contributed by atoms with van der Waals surface area (Å²) < 4.78 is 13.9. The first-order valence-corrected chi connectivity index (χ1v) is 9.49. The predicted octanol–water partition coefficient (Wildman–Crippen LogP) is 5.35. The number of pyridine rings is 1. The molecule has 1 heterocycles. The van der Waals surface area contributed by atoms with Crippen LogP contribution in [0.2, 0.25) is 0 Å². The van der Waals surface area contributed by atoms with Gasteiger partial charge in [-0.3, -0.25) is 4.98 Å². The summed E-state index contributed by atoms with van der Waals surface area (Å²) in [5, 5.41) is 15.6. The zero-order chi connectivity index (χ0) is 19.3. The monoisotopic (exact) mass is 402 g/mol. The number of fused-ring (bicyclic) bond motifs is 1. The minimum absolute atomic E-state index is 0. The summed E-state index contributed by atoms with van der Waals surface area (Å²) in [4.78, 5) is 3.88. The number of hydrogen-bond acceptors (Lipinski definition) is 3. The summed E-state index contributed by atoms with van der Waals surface area (Å²) in [7, 11) is 0. The van der Waals surface area contributed by atoms with Crippen molar-refractivity contribution in [3.63, 3.8) is 0 Å². The molecular formula is C23H28ClFN2O. The van der Waals surface area contributed by atoms with Crippen LogP contribution in [0.3, 0.4) is 0 Å². The van der Waals surface area contributed by atoms with Crippen LogP contribution >= 0.6 is 12.4 Å². The molecule has 0 saturated carbocycles. The van der Waals surface area contributed by atoms with Crippen molar-refractivity contribution in [2.24, 2.45) is 0 Å². The number of nitrogens with zero attached hydrogens (tertiary/aromatic N) is 1. The maximum atomic E-state index is 13.9. The van der Waals surface area contributed by atoms with E-state index in [0.29, 0.717) is 18.0 Å². The highest BCUT2D eigenvalue weighted by molar-refractivity contribution is 5.85. The minimum Gasteiger partial charge on any atom is -0.385 e. The second-order valence-corrected chi connectivity index (χ2v) is 7.49. The highest BCUT2D eigenvalue weighted by Gasteiger charge is 2.22. The standard InChI is InChI=1S/C23H27FN2O.ClH/c1-17(7-6-12-23(2,27)20-8-4-3-5-9-20)26-14-18-10-11-19-15-25-16-22(24)21(19)13-18;/h3-5,8-11,13,15-17,26-27H,6-7,12,14H2,1-2H3;1H/t17-,23?;/m1./s1. The lowest BCUT2D eigenvalue weighted by molar-refractivity contribution is 0.0443. The molecule has 0 spiro atoms. The van der Waals surface area contributed by atoms with Crippen LogP contribution in [0.25, 0.3) is 10.8 Å². The molecule has 0 bridgehead atoms. The van der Waals surface area contributed by atoms with Crippen LogP contribution < -0.4 is 5.32 Å². The summed E-state index contributed by atoms with van der Waals surface area (Å²) in [5.41, 5.74) is 1.21. The fraction of sp³-hybridized carbons (Fsp3) is 0.348. The maximum Gasteiger partial charge on any atom is 0.149 e. The van der Waals surface area contributed by atoms with Gasteiger partial charge in [0.15, 0.2) is 0 Å². The Hall–Kier alpha value is -2.01. The Morgan fingerprint density at radius 3 is 2.64 bits per heavy atom. The molecule has 0 aliphatic carbocycles. The molecule has 3 rings (SSSR count). The lowest BCUT2D eigenvalue weighted by atomic mass is 9.90. The summed E-state index contributed by atoms with van der Waals surface area (Å²) in [6, 6.07) is 15.9. The van der Waals surface area contributed by atoms with Gasteiger partial charge in [-0.1, -0.05) is 42.5 Å². The van der Waals surface area contributed by atoms with Crippen molar-refractivity contribution in [2.45, 2.75) is 51.3 Å². The van der Waals surface area contributed by atoms with E-state index in [-0.39, 0.29) is 18.2 Å². The molecule has 1 aromatic heterocycles. The first kappa shape index (κ1) is 22.3. The first-order valence-electron chi connectivity index (χ1n) is 9.49. The Kier molecular flexibility index (Phi) is 7.93. The highest BCUT2D eigenvalue weighted by atomic mass is 35.5. The van der Waals surface area contributed by atoms with Crippen LogP contribution in [0.1, 0.15) is 44.2 Å². The molecule has 150 valence electrons. The van der Waals surface area contributed by atoms with E-state index in [0.717, 1.165) is 35.8 Å². The van der Waals surface area contributed by atoms with Gasteiger partial charge in [-0.2, -0.15) is 0 Å². The van der Waals surface area contributed by atoms with Crippen LogP contribution in [-0.4, -0.2) is 16.1 Å². The van der Waals surface area contributed by atoms with Gasteiger partial charge in [0.25, 0.3) is 0 Å². The van der Waals surface area contributed by atoms with Crippen molar-refractivity contribution in [1.82, 2.24) is 10.3 Å². The predicted molar refractivity (Wildman–Crippen MR) is 115 cm³/mol. The fourth-order valence-corrected chi connectivity index (χ4v) is 3.37. The molecule has 0 fully saturated rings. The topological polar surface area (TPSA) is 45.1 Å². The molecule has 2 N–H and O–H groups in total. The zero-order valence-corrected chi connectivity index (χ0v) is 17.2. The summed E-state index contributed by atoms with van der Waals surface area (Å²) in [6.07, 6.45) is 5.54. The molecule has 5 heteroatoms. The zero-order valence-electron chi connectivity index (χ0n) is 16.4. The van der Waals surface area contributed by atoms with Gasteiger partial charge >= 0.3 is 0 Å². The molecule has 0 aliphatic rings. The smallest absolute Gasteiger partial charge is 0.149 e. The lowest BCUT2D eigenvalue weighted by Gasteiger charge is -2.24.